The summed E-state index contributed by atoms with van der Waals surface area (Å²) in [5, 5.41) is 2.86. The maximum absolute atomic E-state index is 12.6. The van der Waals surface area contributed by atoms with E-state index in [1.54, 1.807) is 29.5 Å². The van der Waals surface area contributed by atoms with Crippen LogP contribution in [0.2, 0.25) is 10.0 Å². The molecule has 0 aliphatic heterocycles. The van der Waals surface area contributed by atoms with Gasteiger partial charge in [0.05, 0.1) is 17.3 Å². The van der Waals surface area contributed by atoms with E-state index in [0.717, 1.165) is 18.1 Å². The minimum atomic E-state index is -0.225. The number of nitrogens with zero attached hydrogens (tertiary/aromatic N) is 3. The molecule has 30 heavy (non-hydrogen) atoms. The molecular weight excluding hydrogens is 441 g/mol. The number of ether oxygens (including phenoxy) is 1. The van der Waals surface area contributed by atoms with Gasteiger partial charge in [-0.1, -0.05) is 29.3 Å². The van der Waals surface area contributed by atoms with Gasteiger partial charge in [0.2, 0.25) is 5.78 Å². The number of hydrogen-bond acceptors (Lipinski definition) is 5. The fourth-order valence-electron chi connectivity index (χ4n) is 3.36. The first-order valence-corrected chi connectivity index (χ1v) is 10.9. The average molecular weight is 460 g/mol. The minimum absolute atomic E-state index is 0.146. The molecule has 4 rings (SSSR count). The van der Waals surface area contributed by atoms with Crippen molar-refractivity contribution >= 4 is 51.8 Å². The maximum atomic E-state index is 12.6. The summed E-state index contributed by atoms with van der Waals surface area (Å²) < 4.78 is 7.82. The Morgan fingerprint density at radius 3 is 2.80 bits per heavy atom. The van der Waals surface area contributed by atoms with Crippen LogP contribution in [0.15, 0.2) is 54.0 Å². The van der Waals surface area contributed by atoms with Crippen LogP contribution >= 0.6 is 34.5 Å². The van der Waals surface area contributed by atoms with Gasteiger partial charge in [0.1, 0.15) is 5.82 Å². The van der Waals surface area contributed by atoms with Crippen molar-refractivity contribution in [2.24, 2.45) is 0 Å². The highest BCUT2D eigenvalue weighted by atomic mass is 35.5. The Balaban J connectivity index is 1.57. The van der Waals surface area contributed by atoms with Crippen LogP contribution < -0.4 is 9.64 Å². The summed E-state index contributed by atoms with van der Waals surface area (Å²) in [6.45, 7) is 2.61. The van der Waals surface area contributed by atoms with Crippen LogP contribution in [0.5, 0.6) is 5.75 Å². The van der Waals surface area contributed by atoms with Gasteiger partial charge in [0.15, 0.2) is 18.0 Å². The number of anilines is 1. The number of hydrogen-bond donors (Lipinski definition) is 0. The Hall–Kier alpha value is -2.54. The largest absolute Gasteiger partial charge is 0.482 e. The second-order valence-corrected chi connectivity index (χ2v) is 8.73. The molecule has 0 unspecified atom stereocenters. The van der Waals surface area contributed by atoms with Crippen molar-refractivity contribution in [2.45, 2.75) is 13.5 Å². The summed E-state index contributed by atoms with van der Waals surface area (Å²) in [4.78, 5) is 20.7. The molecule has 0 aliphatic carbocycles. The van der Waals surface area contributed by atoms with E-state index in [2.05, 4.69) is 21.3 Å². The van der Waals surface area contributed by atoms with E-state index in [1.165, 1.54) is 4.88 Å². The summed E-state index contributed by atoms with van der Waals surface area (Å²) in [7, 11) is 2.04. The van der Waals surface area contributed by atoms with Gasteiger partial charge in [0, 0.05) is 28.7 Å². The number of thiophene rings is 1. The summed E-state index contributed by atoms with van der Waals surface area (Å²) in [5.74, 6) is 1.29. The van der Waals surface area contributed by atoms with Crippen molar-refractivity contribution < 1.29 is 9.53 Å². The van der Waals surface area contributed by atoms with E-state index in [1.807, 2.05) is 42.8 Å². The molecule has 0 fully saturated rings. The molecule has 0 amide bonds. The van der Waals surface area contributed by atoms with E-state index < -0.39 is 0 Å². The first kappa shape index (κ1) is 20.7. The predicted molar refractivity (Wildman–Crippen MR) is 123 cm³/mol. The van der Waals surface area contributed by atoms with Gasteiger partial charge in [-0.3, -0.25) is 9.20 Å². The minimum Gasteiger partial charge on any atom is -0.482 e. The van der Waals surface area contributed by atoms with Crippen molar-refractivity contribution in [1.29, 1.82) is 0 Å². The Kier molecular flexibility index (Phi) is 5.99. The standard InChI is InChI=1S/C22H19Cl2N3O2S/c1-14-22(26(2)12-16-5-4-10-30-16)27-9-3-6-20(21(27)25-14)29-13-19(28)17-8-7-15(23)11-18(17)24/h3-11H,12-13H2,1-2H3. The van der Waals surface area contributed by atoms with E-state index in [9.17, 15) is 4.79 Å². The molecule has 1 aromatic carbocycles. The van der Waals surface area contributed by atoms with E-state index in [0.29, 0.717) is 27.0 Å². The fourth-order valence-corrected chi connectivity index (χ4v) is 4.64. The van der Waals surface area contributed by atoms with Gasteiger partial charge in [-0.2, -0.15) is 0 Å². The molecule has 0 N–H and O–H groups in total. The molecule has 3 heterocycles. The molecule has 0 bridgehead atoms. The number of ketones is 1. The highest BCUT2D eigenvalue weighted by molar-refractivity contribution is 7.09. The van der Waals surface area contributed by atoms with Gasteiger partial charge in [-0.15, -0.1) is 11.3 Å². The van der Waals surface area contributed by atoms with Crippen LogP contribution in [0, 0.1) is 6.92 Å². The van der Waals surface area contributed by atoms with Gasteiger partial charge in [0.25, 0.3) is 0 Å². The zero-order valence-corrected chi connectivity index (χ0v) is 18.8. The Labute approximate surface area is 188 Å². The quantitative estimate of drug-likeness (QED) is 0.322. The number of benzene rings is 1. The third kappa shape index (κ3) is 4.17. The monoisotopic (exact) mass is 459 g/mol. The molecule has 0 spiro atoms. The van der Waals surface area contributed by atoms with Crippen molar-refractivity contribution in [1.82, 2.24) is 9.38 Å². The van der Waals surface area contributed by atoms with Gasteiger partial charge in [-0.05, 0) is 48.7 Å². The second kappa shape index (κ2) is 8.68. The number of carbonyl (C=O) groups excluding carboxylic acids is 1. The van der Waals surface area contributed by atoms with Crippen LogP contribution in [-0.4, -0.2) is 28.8 Å². The normalized spacial score (nSPS) is 11.1. The number of aromatic nitrogens is 2. The third-order valence-corrected chi connectivity index (χ3v) is 6.09. The van der Waals surface area contributed by atoms with Crippen LogP contribution in [-0.2, 0) is 6.54 Å². The zero-order chi connectivity index (χ0) is 21.3. The second-order valence-electron chi connectivity index (χ2n) is 6.86. The maximum Gasteiger partial charge on any atom is 0.201 e. The lowest BCUT2D eigenvalue weighted by atomic mass is 10.1. The molecule has 4 aromatic rings. The summed E-state index contributed by atoms with van der Waals surface area (Å²) in [6.07, 6.45) is 1.94. The fraction of sp³-hybridized carbons (Fsp3) is 0.182. The summed E-state index contributed by atoms with van der Waals surface area (Å²) >= 11 is 13.8. The topological polar surface area (TPSA) is 46.8 Å². The average Bonchev–Trinajstić information content (AvgIpc) is 3.32. The molecule has 8 heteroatoms. The number of aryl methyl sites for hydroxylation is 1. The van der Waals surface area contributed by atoms with Gasteiger partial charge >= 0.3 is 0 Å². The molecule has 154 valence electrons. The molecule has 3 aromatic heterocycles. The highest BCUT2D eigenvalue weighted by Crippen LogP contribution is 2.29. The Morgan fingerprint density at radius 2 is 2.07 bits per heavy atom. The van der Waals surface area contributed by atoms with Crippen molar-refractivity contribution in [3.63, 3.8) is 0 Å². The molecule has 0 radical (unpaired) electrons. The zero-order valence-electron chi connectivity index (χ0n) is 16.4. The van der Waals surface area contributed by atoms with E-state index in [4.69, 9.17) is 27.9 Å². The number of pyridine rings is 1. The smallest absolute Gasteiger partial charge is 0.201 e. The van der Waals surface area contributed by atoms with Gasteiger partial charge < -0.3 is 9.64 Å². The van der Waals surface area contributed by atoms with Crippen LogP contribution in [0.25, 0.3) is 5.65 Å². The number of rotatable bonds is 7. The first-order valence-electron chi connectivity index (χ1n) is 9.26. The predicted octanol–water partition coefficient (Wildman–Crippen LogP) is 5.91. The molecule has 0 atom stereocenters. The van der Waals surface area contributed by atoms with Crippen LogP contribution in [0.3, 0.4) is 0 Å². The molecule has 5 nitrogen and oxygen atoms in total. The number of halogens is 2. The van der Waals surface area contributed by atoms with Crippen molar-refractivity contribution in [2.75, 3.05) is 18.6 Å². The summed E-state index contributed by atoms with van der Waals surface area (Å²) in [6, 6.07) is 12.6. The third-order valence-electron chi connectivity index (χ3n) is 4.68. The number of fused-ring (bicyclic) bond motifs is 1. The van der Waals surface area contributed by atoms with E-state index in [-0.39, 0.29) is 12.4 Å². The SMILES string of the molecule is Cc1nc2c(OCC(=O)c3ccc(Cl)cc3Cl)cccn2c1N(C)Cc1cccs1. The molecule has 0 aliphatic rings. The van der Waals surface area contributed by atoms with E-state index >= 15 is 0 Å². The lowest BCUT2D eigenvalue weighted by molar-refractivity contribution is 0.0922. The molecular formula is C22H19Cl2N3O2S. The highest BCUT2D eigenvalue weighted by Gasteiger charge is 2.18. The number of imidazole rings is 1. The number of Topliss-reactive ketones (excluding diaryl/α,β-unsaturated/α-hetero) is 1. The number of carbonyl (C=O) groups is 1. The Morgan fingerprint density at radius 1 is 1.23 bits per heavy atom. The Bertz CT molecular complexity index is 1200. The van der Waals surface area contributed by atoms with Crippen molar-refractivity contribution in [3.05, 3.63) is 80.2 Å². The summed E-state index contributed by atoms with van der Waals surface area (Å²) in [5.41, 5.74) is 1.93. The van der Waals surface area contributed by atoms with Crippen LogP contribution in [0.4, 0.5) is 5.82 Å². The molecule has 0 saturated heterocycles. The lowest BCUT2D eigenvalue weighted by Gasteiger charge is -2.19. The molecule has 0 saturated carbocycles. The lowest BCUT2D eigenvalue weighted by Crippen LogP contribution is -2.18. The van der Waals surface area contributed by atoms with Gasteiger partial charge in [-0.25, -0.2) is 4.98 Å². The first-order chi connectivity index (χ1) is 14.4. The van der Waals surface area contributed by atoms with Crippen LogP contribution in [0.1, 0.15) is 20.9 Å². The van der Waals surface area contributed by atoms with Crippen molar-refractivity contribution in [3.8, 4) is 5.75 Å².